The van der Waals surface area contributed by atoms with E-state index in [4.69, 9.17) is 0 Å². The number of halogens is 3. The van der Waals surface area contributed by atoms with E-state index in [1.165, 1.54) is 36.0 Å². The summed E-state index contributed by atoms with van der Waals surface area (Å²) in [6.45, 7) is 1.39. The Kier molecular flexibility index (Phi) is 4.87. The fourth-order valence-electron chi connectivity index (χ4n) is 3.11. The van der Waals surface area contributed by atoms with Crippen molar-refractivity contribution in [1.82, 2.24) is 29.5 Å². The van der Waals surface area contributed by atoms with E-state index < -0.39 is 34.3 Å². The van der Waals surface area contributed by atoms with Crippen LogP contribution in [0.5, 0.6) is 0 Å². The molecule has 13 heteroatoms. The van der Waals surface area contributed by atoms with Gasteiger partial charge >= 0.3 is 6.18 Å². The number of alkyl halides is 3. The number of aryl methyl sites for hydroxylation is 2. The van der Waals surface area contributed by atoms with Crippen LogP contribution in [0.25, 0.3) is 16.7 Å². The van der Waals surface area contributed by atoms with Crippen molar-refractivity contribution in [1.29, 1.82) is 0 Å². The molecule has 32 heavy (non-hydrogen) atoms. The van der Waals surface area contributed by atoms with E-state index in [1.807, 2.05) is 0 Å². The standard InChI is InChI=1S/C19H14F3N7O3/c1-9-7-13(30)14(27-29(9)12-6-4-3-5-11(12)19(20,21)22)17(32)26-18-24-15-10(16(31)25-18)8-23-28(15)2/h3-8H,1-2H3,(H2,24,25,26,31,32). The lowest BCUT2D eigenvalue weighted by atomic mass is 10.1. The minimum Gasteiger partial charge on any atom is -0.292 e. The summed E-state index contributed by atoms with van der Waals surface area (Å²) in [5.41, 5.74) is -3.15. The fourth-order valence-corrected chi connectivity index (χ4v) is 3.11. The molecule has 0 saturated carbocycles. The van der Waals surface area contributed by atoms with Crippen molar-refractivity contribution in [2.45, 2.75) is 13.1 Å². The quantitative estimate of drug-likeness (QED) is 0.495. The van der Waals surface area contributed by atoms with E-state index in [1.54, 1.807) is 7.05 Å². The van der Waals surface area contributed by atoms with Crippen molar-refractivity contribution < 1.29 is 18.0 Å². The van der Waals surface area contributed by atoms with Gasteiger partial charge in [-0.3, -0.25) is 29.4 Å². The molecule has 3 heterocycles. The zero-order valence-electron chi connectivity index (χ0n) is 16.6. The van der Waals surface area contributed by atoms with E-state index in [0.29, 0.717) is 0 Å². The highest BCUT2D eigenvalue weighted by Crippen LogP contribution is 2.33. The zero-order chi connectivity index (χ0) is 23.2. The van der Waals surface area contributed by atoms with Crippen LogP contribution in [-0.2, 0) is 13.2 Å². The number of aromatic nitrogens is 6. The maximum atomic E-state index is 13.4. The number of anilines is 1. The Labute approximate surface area is 176 Å². The molecule has 0 aliphatic heterocycles. The van der Waals surface area contributed by atoms with Gasteiger partial charge in [-0.1, -0.05) is 12.1 Å². The molecule has 164 valence electrons. The van der Waals surface area contributed by atoms with Crippen molar-refractivity contribution in [3.05, 3.63) is 74.1 Å². The number of hydrogen-bond donors (Lipinski definition) is 2. The van der Waals surface area contributed by atoms with Crippen LogP contribution in [-0.4, -0.2) is 35.4 Å². The summed E-state index contributed by atoms with van der Waals surface area (Å²) >= 11 is 0. The van der Waals surface area contributed by atoms with Crippen molar-refractivity contribution in [3.63, 3.8) is 0 Å². The summed E-state index contributed by atoms with van der Waals surface area (Å²) in [4.78, 5) is 43.6. The van der Waals surface area contributed by atoms with Crippen molar-refractivity contribution in [2.75, 3.05) is 5.32 Å². The van der Waals surface area contributed by atoms with Crippen LogP contribution in [0.15, 0.2) is 46.1 Å². The number of benzene rings is 1. The maximum Gasteiger partial charge on any atom is 0.418 e. The smallest absolute Gasteiger partial charge is 0.292 e. The molecular formula is C19H14F3N7O3. The number of carbonyl (C=O) groups is 1. The number of hydrogen-bond acceptors (Lipinski definition) is 6. The van der Waals surface area contributed by atoms with Crippen molar-refractivity contribution >= 4 is 22.9 Å². The Bertz CT molecular complexity index is 1480. The molecule has 10 nitrogen and oxygen atoms in total. The average Bonchev–Trinajstić information content (AvgIpc) is 3.09. The number of amides is 1. The predicted molar refractivity (Wildman–Crippen MR) is 107 cm³/mol. The second-order valence-electron chi connectivity index (χ2n) is 6.80. The van der Waals surface area contributed by atoms with Crippen LogP contribution in [0.2, 0.25) is 0 Å². The lowest BCUT2D eigenvalue weighted by Gasteiger charge is -2.16. The van der Waals surface area contributed by atoms with Crippen LogP contribution in [0.4, 0.5) is 19.1 Å². The zero-order valence-corrected chi connectivity index (χ0v) is 16.6. The Balaban J connectivity index is 1.78. The third kappa shape index (κ3) is 3.64. The third-order valence-corrected chi connectivity index (χ3v) is 4.59. The lowest BCUT2D eigenvalue weighted by molar-refractivity contribution is -0.137. The molecule has 3 aromatic heterocycles. The summed E-state index contributed by atoms with van der Waals surface area (Å²) < 4.78 is 42.5. The van der Waals surface area contributed by atoms with Crippen LogP contribution in [0.3, 0.4) is 0 Å². The number of carbonyl (C=O) groups excluding carboxylic acids is 1. The molecule has 0 spiro atoms. The molecule has 1 aromatic carbocycles. The molecule has 2 N–H and O–H groups in total. The molecule has 4 rings (SSSR count). The van der Waals surface area contributed by atoms with Gasteiger partial charge in [0.15, 0.2) is 11.3 Å². The molecule has 0 aliphatic carbocycles. The van der Waals surface area contributed by atoms with E-state index in [9.17, 15) is 27.6 Å². The van der Waals surface area contributed by atoms with Crippen LogP contribution >= 0.6 is 0 Å². The lowest BCUT2D eigenvalue weighted by Crippen LogP contribution is -2.28. The van der Waals surface area contributed by atoms with Gasteiger partial charge in [0.25, 0.3) is 11.5 Å². The van der Waals surface area contributed by atoms with Gasteiger partial charge in [0.05, 0.1) is 17.4 Å². The highest BCUT2D eigenvalue weighted by molar-refractivity contribution is 6.02. The largest absolute Gasteiger partial charge is 0.418 e. The molecule has 0 bridgehead atoms. The molecule has 0 fully saturated rings. The predicted octanol–water partition coefficient (Wildman–Crippen LogP) is 1.78. The van der Waals surface area contributed by atoms with Crippen molar-refractivity contribution in [3.8, 4) is 5.69 Å². The van der Waals surface area contributed by atoms with Gasteiger partial charge in [-0.05, 0) is 19.1 Å². The molecular weight excluding hydrogens is 431 g/mol. The van der Waals surface area contributed by atoms with Gasteiger partial charge < -0.3 is 0 Å². The first-order valence-corrected chi connectivity index (χ1v) is 9.07. The summed E-state index contributed by atoms with van der Waals surface area (Å²) in [5, 5.41) is 10.2. The molecule has 0 unspecified atom stereocenters. The molecule has 0 saturated heterocycles. The van der Waals surface area contributed by atoms with E-state index in [-0.39, 0.29) is 28.4 Å². The number of aromatic amines is 1. The summed E-state index contributed by atoms with van der Waals surface area (Å²) in [6, 6.07) is 5.63. The first kappa shape index (κ1) is 21.0. The minimum absolute atomic E-state index is 0.0890. The number of rotatable bonds is 3. The molecule has 4 aromatic rings. The maximum absolute atomic E-state index is 13.4. The SMILES string of the molecule is Cc1cc(=O)c(C(=O)Nc2nc3c(cnn3C)c(=O)[nH]2)nn1-c1ccccc1C(F)(F)F. The summed E-state index contributed by atoms with van der Waals surface area (Å²) in [5.74, 6) is -1.34. The highest BCUT2D eigenvalue weighted by atomic mass is 19.4. The fraction of sp³-hybridized carbons (Fsp3) is 0.158. The molecule has 1 amide bonds. The van der Waals surface area contributed by atoms with Crippen LogP contribution < -0.4 is 16.3 Å². The highest BCUT2D eigenvalue weighted by Gasteiger charge is 2.34. The van der Waals surface area contributed by atoms with Crippen LogP contribution in [0, 0.1) is 6.92 Å². The molecule has 0 aliphatic rings. The Hall–Kier alpha value is -4.29. The third-order valence-electron chi connectivity index (χ3n) is 4.59. The second-order valence-corrected chi connectivity index (χ2v) is 6.80. The van der Waals surface area contributed by atoms with Gasteiger partial charge in [-0.15, -0.1) is 0 Å². The van der Waals surface area contributed by atoms with Gasteiger partial charge in [0.2, 0.25) is 11.4 Å². The van der Waals surface area contributed by atoms with E-state index >= 15 is 0 Å². The van der Waals surface area contributed by atoms with Crippen molar-refractivity contribution in [2.24, 2.45) is 7.05 Å². The number of nitrogens with one attached hydrogen (secondary N) is 2. The number of fused-ring (bicyclic) bond motifs is 1. The Morgan fingerprint density at radius 3 is 2.62 bits per heavy atom. The first-order chi connectivity index (χ1) is 15.1. The molecule has 0 atom stereocenters. The van der Waals surface area contributed by atoms with E-state index in [2.05, 4.69) is 25.5 Å². The Morgan fingerprint density at radius 1 is 1.19 bits per heavy atom. The normalized spacial score (nSPS) is 11.7. The minimum atomic E-state index is -4.68. The number of nitrogens with zero attached hydrogens (tertiary/aromatic N) is 5. The average molecular weight is 445 g/mol. The topological polar surface area (TPSA) is 128 Å². The van der Waals surface area contributed by atoms with Gasteiger partial charge in [0.1, 0.15) is 5.39 Å². The first-order valence-electron chi connectivity index (χ1n) is 9.07. The second kappa shape index (κ2) is 7.44. The Morgan fingerprint density at radius 2 is 1.91 bits per heavy atom. The van der Waals surface area contributed by atoms with E-state index in [0.717, 1.165) is 16.8 Å². The summed E-state index contributed by atoms with van der Waals surface area (Å²) in [6.07, 6.45) is -3.39. The number of H-pyrrole nitrogens is 1. The summed E-state index contributed by atoms with van der Waals surface area (Å²) in [7, 11) is 1.54. The van der Waals surface area contributed by atoms with Crippen LogP contribution in [0.1, 0.15) is 21.7 Å². The number of para-hydroxylation sites is 1. The van der Waals surface area contributed by atoms with Gasteiger partial charge in [-0.2, -0.15) is 28.4 Å². The molecule has 0 radical (unpaired) electrons. The van der Waals surface area contributed by atoms with Gasteiger partial charge in [0, 0.05) is 18.8 Å². The monoisotopic (exact) mass is 445 g/mol. The van der Waals surface area contributed by atoms with Gasteiger partial charge in [-0.25, -0.2) is 4.68 Å².